The first kappa shape index (κ1) is 31.2. The van der Waals surface area contributed by atoms with Crippen molar-refractivity contribution >= 4 is 0 Å². The highest BCUT2D eigenvalue weighted by molar-refractivity contribution is 4.98. The molecule has 0 heterocycles. The van der Waals surface area contributed by atoms with Crippen LogP contribution in [0.2, 0.25) is 0 Å². The summed E-state index contributed by atoms with van der Waals surface area (Å²) in [5.74, 6) is 6.37. The van der Waals surface area contributed by atoms with Crippen LogP contribution in [0.25, 0.3) is 0 Å². The van der Waals surface area contributed by atoms with Crippen LogP contribution in [0.15, 0.2) is 0 Å². The average Bonchev–Trinajstić information content (AvgIpc) is 3.22. The minimum Gasteiger partial charge on any atom is -0.0683 e. The van der Waals surface area contributed by atoms with Gasteiger partial charge in [-0.15, -0.1) is 0 Å². The van der Waals surface area contributed by atoms with E-state index in [2.05, 4.69) is 27.7 Å². The second-order valence-corrected chi connectivity index (χ2v) is 9.47. The molecule has 0 aliphatic heterocycles. The predicted octanol–water partition coefficient (Wildman–Crippen LogP) is 10.8. The zero-order chi connectivity index (χ0) is 23.0. The topological polar surface area (TPSA) is 0 Å². The highest BCUT2D eigenvalue weighted by Crippen LogP contribution is 2.57. The van der Waals surface area contributed by atoms with Crippen molar-refractivity contribution < 1.29 is 0 Å². The quantitative estimate of drug-likeness (QED) is 0.434. The first-order valence-corrected chi connectivity index (χ1v) is 14.0. The Morgan fingerprint density at radius 1 is 0.690 bits per heavy atom. The molecule has 0 N–H and O–H groups in total. The molecule has 6 atom stereocenters. The maximum atomic E-state index is 2.57. The normalized spacial score (nSPS) is 34.3. The Bertz CT molecular complexity index is 340. The summed E-state index contributed by atoms with van der Waals surface area (Å²) < 4.78 is 0. The molecule has 29 heavy (non-hydrogen) atoms. The van der Waals surface area contributed by atoms with Gasteiger partial charge in [-0.05, 0) is 73.0 Å². The zero-order valence-corrected chi connectivity index (χ0v) is 23.0. The highest BCUT2D eigenvalue weighted by atomic mass is 14.5. The number of fused-ring (bicyclic) bond motifs is 1. The van der Waals surface area contributed by atoms with Gasteiger partial charge >= 0.3 is 0 Å². The van der Waals surface area contributed by atoms with E-state index in [-0.39, 0.29) is 0 Å². The molecule has 3 rings (SSSR count). The third kappa shape index (κ3) is 8.95. The van der Waals surface area contributed by atoms with Crippen molar-refractivity contribution in [2.75, 3.05) is 0 Å². The molecule has 178 valence electrons. The average molecular weight is 411 g/mol. The molecule has 3 aliphatic carbocycles. The number of hydrogen-bond acceptors (Lipinski definition) is 0. The Morgan fingerprint density at radius 2 is 1.24 bits per heavy atom. The van der Waals surface area contributed by atoms with Crippen LogP contribution < -0.4 is 0 Å². The molecular weight excluding hydrogens is 348 g/mol. The zero-order valence-electron chi connectivity index (χ0n) is 23.0. The molecule has 0 amide bonds. The molecule has 0 saturated heterocycles. The third-order valence-electron chi connectivity index (χ3n) is 8.05. The van der Waals surface area contributed by atoms with Gasteiger partial charge in [-0.1, -0.05) is 115 Å². The highest BCUT2D eigenvalue weighted by Gasteiger charge is 2.48. The second-order valence-electron chi connectivity index (χ2n) is 9.47. The van der Waals surface area contributed by atoms with Gasteiger partial charge in [0.25, 0.3) is 0 Å². The van der Waals surface area contributed by atoms with Crippen LogP contribution in [-0.2, 0) is 0 Å². The summed E-state index contributed by atoms with van der Waals surface area (Å²) in [5, 5.41) is 0. The minimum atomic E-state index is 0.603. The Balaban J connectivity index is 0. The summed E-state index contributed by atoms with van der Waals surface area (Å²) in [6, 6.07) is 0. The molecule has 0 radical (unpaired) electrons. The molecule has 3 aliphatic rings. The van der Waals surface area contributed by atoms with Crippen molar-refractivity contribution in [3.8, 4) is 0 Å². The SMILES string of the molecule is CC.CC.CC.CC.CCCC1CCCCC1C1CC2CCC(C)(C)[C@H](C)C2C1. The summed E-state index contributed by atoms with van der Waals surface area (Å²) in [6.45, 7) is 26.0. The predicted molar refractivity (Wildman–Crippen MR) is 138 cm³/mol. The Kier molecular flexibility index (Phi) is 19.0. The molecule has 5 unspecified atom stereocenters. The summed E-state index contributed by atoms with van der Waals surface area (Å²) in [4.78, 5) is 0. The second kappa shape index (κ2) is 17.7. The monoisotopic (exact) mass is 410 g/mol. The summed E-state index contributed by atoms with van der Waals surface area (Å²) >= 11 is 0. The van der Waals surface area contributed by atoms with E-state index in [1.54, 1.807) is 25.7 Å². The summed E-state index contributed by atoms with van der Waals surface area (Å²) in [7, 11) is 0. The van der Waals surface area contributed by atoms with Gasteiger partial charge in [0.2, 0.25) is 0 Å². The molecule has 0 spiro atoms. The first-order chi connectivity index (χ1) is 14.0. The van der Waals surface area contributed by atoms with E-state index in [4.69, 9.17) is 0 Å². The van der Waals surface area contributed by atoms with E-state index < -0.39 is 0 Å². The maximum absolute atomic E-state index is 2.57. The van der Waals surface area contributed by atoms with Crippen LogP contribution in [0.1, 0.15) is 147 Å². The first-order valence-electron chi connectivity index (χ1n) is 14.0. The molecule has 3 saturated carbocycles. The molecule has 0 aromatic carbocycles. The van der Waals surface area contributed by atoms with Gasteiger partial charge < -0.3 is 0 Å². The molecule has 0 aromatic heterocycles. The van der Waals surface area contributed by atoms with Gasteiger partial charge in [0.05, 0.1) is 0 Å². The van der Waals surface area contributed by atoms with Gasteiger partial charge in [-0.2, -0.15) is 0 Å². The van der Waals surface area contributed by atoms with Crippen molar-refractivity contribution in [2.45, 2.75) is 147 Å². The fourth-order valence-corrected chi connectivity index (χ4v) is 6.45. The van der Waals surface area contributed by atoms with Crippen LogP contribution >= 0.6 is 0 Å². The number of rotatable bonds is 3. The Hall–Kier alpha value is 0. The van der Waals surface area contributed by atoms with E-state index in [1.807, 2.05) is 55.4 Å². The van der Waals surface area contributed by atoms with E-state index in [0.29, 0.717) is 5.41 Å². The van der Waals surface area contributed by atoms with E-state index in [1.165, 1.54) is 38.5 Å². The van der Waals surface area contributed by atoms with Gasteiger partial charge in [-0.3, -0.25) is 0 Å². The van der Waals surface area contributed by atoms with Crippen molar-refractivity contribution in [2.24, 2.45) is 40.9 Å². The molecule has 0 aromatic rings. The lowest BCUT2D eigenvalue weighted by Crippen LogP contribution is -2.35. The number of hydrogen-bond donors (Lipinski definition) is 0. The van der Waals surface area contributed by atoms with E-state index >= 15 is 0 Å². The van der Waals surface area contributed by atoms with E-state index in [9.17, 15) is 0 Å². The molecule has 0 bridgehead atoms. The fraction of sp³-hybridized carbons (Fsp3) is 1.00. The lowest BCUT2D eigenvalue weighted by molar-refractivity contribution is 0.0572. The van der Waals surface area contributed by atoms with Crippen molar-refractivity contribution in [1.82, 2.24) is 0 Å². The van der Waals surface area contributed by atoms with Crippen LogP contribution in [-0.4, -0.2) is 0 Å². The lowest BCUT2D eigenvalue weighted by atomic mass is 9.61. The molecule has 0 heteroatoms. The third-order valence-corrected chi connectivity index (χ3v) is 8.05. The summed E-state index contributed by atoms with van der Waals surface area (Å²) in [5.41, 5.74) is 0.603. The molecular formula is C29H62. The smallest absolute Gasteiger partial charge is 0.0326 e. The van der Waals surface area contributed by atoms with Crippen LogP contribution in [0, 0.1) is 40.9 Å². The van der Waals surface area contributed by atoms with Crippen LogP contribution in [0.3, 0.4) is 0 Å². The lowest BCUT2D eigenvalue weighted by Gasteiger charge is -2.44. The van der Waals surface area contributed by atoms with Crippen molar-refractivity contribution in [1.29, 1.82) is 0 Å². The molecule has 3 fully saturated rings. The summed E-state index contributed by atoms with van der Waals surface area (Å²) in [6.07, 6.45) is 15.3. The van der Waals surface area contributed by atoms with Gasteiger partial charge in [-0.25, -0.2) is 0 Å². The van der Waals surface area contributed by atoms with Gasteiger partial charge in [0, 0.05) is 0 Å². The Morgan fingerprint density at radius 3 is 1.79 bits per heavy atom. The van der Waals surface area contributed by atoms with Gasteiger partial charge in [0.15, 0.2) is 0 Å². The van der Waals surface area contributed by atoms with Crippen LogP contribution in [0.5, 0.6) is 0 Å². The molecule has 0 nitrogen and oxygen atoms in total. The van der Waals surface area contributed by atoms with Crippen molar-refractivity contribution in [3.63, 3.8) is 0 Å². The Labute approximate surface area is 188 Å². The van der Waals surface area contributed by atoms with Gasteiger partial charge in [0.1, 0.15) is 0 Å². The standard InChI is InChI=1S/C21H38.4C2H6/c1-5-8-16-9-6-7-10-19(16)18-13-17-11-12-21(3,4)15(2)20(17)14-18;4*1-2/h15-20H,5-14H2,1-4H3;4*1-2H3/t15-,16?,17?,18?,19?,20?;;;;/m1..../s1. The minimum absolute atomic E-state index is 0.603. The fourth-order valence-electron chi connectivity index (χ4n) is 6.45. The van der Waals surface area contributed by atoms with Crippen molar-refractivity contribution in [3.05, 3.63) is 0 Å². The van der Waals surface area contributed by atoms with Crippen LogP contribution in [0.4, 0.5) is 0 Å². The maximum Gasteiger partial charge on any atom is -0.0326 e. The largest absolute Gasteiger partial charge is 0.0683 e. The van der Waals surface area contributed by atoms with E-state index in [0.717, 1.165) is 35.5 Å².